The number of benzene rings is 2. The van der Waals surface area contributed by atoms with E-state index in [9.17, 15) is 10.2 Å². The first kappa shape index (κ1) is 19.7. The summed E-state index contributed by atoms with van der Waals surface area (Å²) < 4.78 is 0. The van der Waals surface area contributed by atoms with E-state index >= 15 is 0 Å². The van der Waals surface area contributed by atoms with Crippen molar-refractivity contribution < 1.29 is 10.2 Å². The Morgan fingerprint density at radius 1 is 0.680 bits per heavy atom. The molecular formula is C22H30O2S. The van der Waals surface area contributed by atoms with E-state index in [2.05, 4.69) is 26.0 Å². The fourth-order valence-electron chi connectivity index (χ4n) is 2.92. The average molecular weight is 359 g/mol. The molecule has 2 rings (SSSR count). The summed E-state index contributed by atoms with van der Waals surface area (Å²) in [7, 11) is 0. The monoisotopic (exact) mass is 358 g/mol. The Labute approximate surface area is 156 Å². The molecule has 0 saturated carbocycles. The van der Waals surface area contributed by atoms with E-state index in [1.165, 1.54) is 25.7 Å². The van der Waals surface area contributed by atoms with E-state index in [4.69, 9.17) is 0 Å². The zero-order valence-corrected chi connectivity index (χ0v) is 16.2. The zero-order valence-electron chi connectivity index (χ0n) is 15.4. The molecule has 0 aliphatic rings. The summed E-state index contributed by atoms with van der Waals surface area (Å²) in [5.41, 5.74) is 2.06. The van der Waals surface area contributed by atoms with Gasteiger partial charge in [0.25, 0.3) is 0 Å². The highest BCUT2D eigenvalue weighted by Gasteiger charge is 2.07. The molecule has 0 amide bonds. The van der Waals surface area contributed by atoms with Crippen molar-refractivity contribution >= 4 is 11.8 Å². The molecule has 2 N–H and O–H groups in total. The highest BCUT2D eigenvalue weighted by atomic mass is 32.2. The van der Waals surface area contributed by atoms with Crippen molar-refractivity contribution in [3.63, 3.8) is 0 Å². The molecular weight excluding hydrogens is 328 g/mol. The number of unbranched alkanes of at least 4 members (excludes halogenated alkanes) is 4. The molecule has 0 atom stereocenters. The second kappa shape index (κ2) is 10.4. The van der Waals surface area contributed by atoms with Gasteiger partial charge in [-0.1, -0.05) is 51.3 Å². The van der Waals surface area contributed by atoms with Gasteiger partial charge in [-0.05, 0) is 73.2 Å². The summed E-state index contributed by atoms with van der Waals surface area (Å²) in [5, 5.41) is 20.1. The summed E-state index contributed by atoms with van der Waals surface area (Å²) in [6, 6.07) is 11.7. The van der Waals surface area contributed by atoms with Crippen molar-refractivity contribution in [2.75, 3.05) is 0 Å². The van der Waals surface area contributed by atoms with Crippen LogP contribution in [0.1, 0.15) is 63.5 Å². The van der Waals surface area contributed by atoms with Crippen molar-refractivity contribution in [2.45, 2.75) is 75.0 Å². The molecule has 2 nitrogen and oxygen atoms in total. The van der Waals surface area contributed by atoms with Crippen molar-refractivity contribution in [3.8, 4) is 11.5 Å². The number of phenols is 2. The predicted molar refractivity (Wildman–Crippen MR) is 107 cm³/mol. The van der Waals surface area contributed by atoms with Gasteiger partial charge < -0.3 is 10.2 Å². The Morgan fingerprint density at radius 3 is 1.52 bits per heavy atom. The molecule has 2 aromatic rings. The third-order valence-corrected chi connectivity index (χ3v) is 5.42. The number of hydrogen-bond donors (Lipinski definition) is 2. The molecule has 0 heterocycles. The van der Waals surface area contributed by atoms with E-state index in [1.807, 2.05) is 12.1 Å². The second-order valence-corrected chi connectivity index (χ2v) is 7.74. The van der Waals surface area contributed by atoms with Crippen LogP contribution in [0, 0.1) is 0 Å². The molecule has 0 bridgehead atoms. The first-order valence-corrected chi connectivity index (χ1v) is 10.3. The van der Waals surface area contributed by atoms with Crippen molar-refractivity contribution in [1.29, 1.82) is 0 Å². The van der Waals surface area contributed by atoms with E-state index in [1.54, 1.807) is 23.9 Å². The maximum absolute atomic E-state index is 10.1. The van der Waals surface area contributed by atoms with Gasteiger partial charge in [0, 0.05) is 9.79 Å². The maximum atomic E-state index is 10.1. The molecule has 0 aromatic heterocycles. The molecule has 2 aromatic carbocycles. The summed E-state index contributed by atoms with van der Waals surface area (Å²) in [5.74, 6) is 0.790. The molecule has 0 saturated heterocycles. The molecule has 0 radical (unpaired) electrons. The SMILES string of the molecule is CCCCCc1cc(Sc2ccc(O)c(CCCCC)c2)ccc1O. The van der Waals surface area contributed by atoms with Crippen LogP contribution in [-0.4, -0.2) is 10.2 Å². The van der Waals surface area contributed by atoms with Gasteiger partial charge in [0.15, 0.2) is 0 Å². The smallest absolute Gasteiger partial charge is 0.118 e. The van der Waals surface area contributed by atoms with Gasteiger partial charge in [-0.2, -0.15) is 0 Å². The second-order valence-electron chi connectivity index (χ2n) is 6.60. The van der Waals surface area contributed by atoms with Crippen molar-refractivity contribution in [1.82, 2.24) is 0 Å². The van der Waals surface area contributed by atoms with Crippen LogP contribution in [0.5, 0.6) is 11.5 Å². The third-order valence-electron chi connectivity index (χ3n) is 4.44. The van der Waals surface area contributed by atoms with Crippen LogP contribution < -0.4 is 0 Å². The van der Waals surface area contributed by atoms with Gasteiger partial charge >= 0.3 is 0 Å². The predicted octanol–water partition coefficient (Wildman–Crippen LogP) is 6.71. The van der Waals surface area contributed by atoms with Crippen LogP contribution in [0.15, 0.2) is 46.2 Å². The van der Waals surface area contributed by atoms with Crippen LogP contribution in [0.2, 0.25) is 0 Å². The Balaban J connectivity index is 2.08. The van der Waals surface area contributed by atoms with E-state index in [0.29, 0.717) is 11.5 Å². The number of rotatable bonds is 10. The van der Waals surface area contributed by atoms with Crippen LogP contribution in [0.25, 0.3) is 0 Å². The first-order chi connectivity index (χ1) is 12.1. The minimum Gasteiger partial charge on any atom is -0.508 e. The molecule has 3 heteroatoms. The topological polar surface area (TPSA) is 40.5 Å². The van der Waals surface area contributed by atoms with Gasteiger partial charge in [-0.15, -0.1) is 0 Å². The summed E-state index contributed by atoms with van der Waals surface area (Å²) in [4.78, 5) is 2.27. The third kappa shape index (κ3) is 6.32. The molecule has 0 unspecified atom stereocenters. The standard InChI is InChI=1S/C22H30O2S/c1-3-5-7-9-17-15-19(11-13-21(17)23)25-20-12-14-22(24)18(16-20)10-8-6-4-2/h11-16,23-24H,3-10H2,1-2H3. The van der Waals surface area contributed by atoms with Crippen molar-refractivity contribution in [2.24, 2.45) is 0 Å². The number of aromatic hydroxyl groups is 2. The molecule has 0 spiro atoms. The normalized spacial score (nSPS) is 11.0. The lowest BCUT2D eigenvalue weighted by molar-refractivity contribution is 0.465. The lowest BCUT2D eigenvalue weighted by Gasteiger charge is -2.10. The minimum absolute atomic E-state index is 0.395. The van der Waals surface area contributed by atoms with E-state index in [0.717, 1.165) is 46.6 Å². The highest BCUT2D eigenvalue weighted by molar-refractivity contribution is 7.99. The lowest BCUT2D eigenvalue weighted by atomic mass is 10.1. The minimum atomic E-state index is 0.395. The number of hydrogen-bond acceptors (Lipinski definition) is 3. The Morgan fingerprint density at radius 2 is 1.12 bits per heavy atom. The Kier molecular flexibility index (Phi) is 8.20. The quantitative estimate of drug-likeness (QED) is 0.463. The Bertz CT molecular complexity index is 610. The van der Waals surface area contributed by atoms with E-state index in [-0.39, 0.29) is 0 Å². The molecule has 25 heavy (non-hydrogen) atoms. The molecule has 136 valence electrons. The maximum Gasteiger partial charge on any atom is 0.118 e. The molecule has 0 fully saturated rings. The van der Waals surface area contributed by atoms with Crippen molar-refractivity contribution in [3.05, 3.63) is 47.5 Å². The Hall–Kier alpha value is -1.61. The van der Waals surface area contributed by atoms with Crippen LogP contribution in [0.4, 0.5) is 0 Å². The van der Waals surface area contributed by atoms with Gasteiger partial charge in [0.05, 0.1) is 0 Å². The van der Waals surface area contributed by atoms with Crippen LogP contribution >= 0.6 is 11.8 Å². The lowest BCUT2D eigenvalue weighted by Crippen LogP contribution is -1.89. The summed E-state index contributed by atoms with van der Waals surface area (Å²) in [6.07, 6.45) is 8.81. The molecule has 0 aliphatic heterocycles. The fourth-order valence-corrected chi connectivity index (χ4v) is 3.86. The fraction of sp³-hybridized carbons (Fsp3) is 0.455. The van der Waals surface area contributed by atoms with Crippen LogP contribution in [-0.2, 0) is 12.8 Å². The summed E-state index contributed by atoms with van der Waals surface area (Å²) in [6.45, 7) is 4.38. The number of aryl methyl sites for hydroxylation is 2. The molecule has 0 aliphatic carbocycles. The zero-order chi connectivity index (χ0) is 18.1. The van der Waals surface area contributed by atoms with Gasteiger partial charge in [0.1, 0.15) is 11.5 Å². The highest BCUT2D eigenvalue weighted by Crippen LogP contribution is 2.34. The largest absolute Gasteiger partial charge is 0.508 e. The average Bonchev–Trinajstić information content (AvgIpc) is 2.61. The first-order valence-electron chi connectivity index (χ1n) is 9.45. The van der Waals surface area contributed by atoms with Crippen LogP contribution in [0.3, 0.4) is 0 Å². The van der Waals surface area contributed by atoms with Gasteiger partial charge in [0.2, 0.25) is 0 Å². The number of phenolic OH excluding ortho intramolecular Hbond substituents is 2. The van der Waals surface area contributed by atoms with Gasteiger partial charge in [-0.25, -0.2) is 0 Å². The summed E-state index contributed by atoms with van der Waals surface area (Å²) >= 11 is 1.69. The van der Waals surface area contributed by atoms with Gasteiger partial charge in [-0.3, -0.25) is 0 Å². The van der Waals surface area contributed by atoms with E-state index < -0.39 is 0 Å².